The number of ether oxygens (including phenoxy) is 1. The summed E-state index contributed by atoms with van der Waals surface area (Å²) in [5.41, 5.74) is 5.67. The van der Waals surface area contributed by atoms with Crippen LogP contribution in [0.3, 0.4) is 0 Å². The third kappa shape index (κ3) is 7.90. The molecule has 12 heteroatoms. The number of nitrogens with two attached hydrogens (primary N) is 1. The zero-order chi connectivity index (χ0) is 31.4. The summed E-state index contributed by atoms with van der Waals surface area (Å²) in [6.07, 6.45) is 4.69. The first-order valence-electron chi connectivity index (χ1n) is 14.5. The summed E-state index contributed by atoms with van der Waals surface area (Å²) in [5.74, 6) is -2.96. The van der Waals surface area contributed by atoms with Gasteiger partial charge in [0.2, 0.25) is 17.7 Å². The highest BCUT2D eigenvalue weighted by Gasteiger charge is 2.50. The van der Waals surface area contributed by atoms with Crippen molar-refractivity contribution >= 4 is 35.3 Å². The van der Waals surface area contributed by atoms with E-state index in [2.05, 4.69) is 10.3 Å². The van der Waals surface area contributed by atoms with Crippen LogP contribution in [0.25, 0.3) is 0 Å². The average molecular weight is 614 g/mol. The fourth-order valence-corrected chi connectivity index (χ4v) is 6.23. The minimum Gasteiger partial charge on any atom is -0.481 e. The molecule has 2 aliphatic heterocycles. The molecule has 2 aromatic rings. The van der Waals surface area contributed by atoms with Gasteiger partial charge in [0.25, 0.3) is 0 Å². The lowest BCUT2D eigenvalue weighted by molar-refractivity contribution is -0.151. The highest BCUT2D eigenvalue weighted by atomic mass is 35.5. The van der Waals surface area contributed by atoms with Crippen molar-refractivity contribution < 1.29 is 29.0 Å². The fourth-order valence-electron chi connectivity index (χ4n) is 6.10. The summed E-state index contributed by atoms with van der Waals surface area (Å²) >= 11 is 6.13. The van der Waals surface area contributed by atoms with Gasteiger partial charge in [0.15, 0.2) is 0 Å². The molecule has 1 aromatic heterocycles. The van der Waals surface area contributed by atoms with Crippen LogP contribution in [0.5, 0.6) is 0 Å². The molecule has 43 heavy (non-hydrogen) atoms. The summed E-state index contributed by atoms with van der Waals surface area (Å²) in [5, 5.41) is 13.4. The molecule has 11 nitrogen and oxygen atoms in total. The first-order valence-corrected chi connectivity index (χ1v) is 14.9. The summed E-state index contributed by atoms with van der Waals surface area (Å²) in [4.78, 5) is 59.8. The van der Waals surface area contributed by atoms with Crippen LogP contribution < -0.4 is 11.1 Å². The fraction of sp³-hybridized carbons (Fsp3) is 0.516. The molecular weight excluding hydrogens is 574 g/mol. The normalized spacial score (nSPS) is 23.0. The van der Waals surface area contributed by atoms with E-state index in [1.165, 1.54) is 4.90 Å². The van der Waals surface area contributed by atoms with Gasteiger partial charge in [-0.3, -0.25) is 29.1 Å². The number of pyridine rings is 1. The molecule has 2 saturated heterocycles. The molecule has 3 amide bonds. The summed E-state index contributed by atoms with van der Waals surface area (Å²) in [7, 11) is 0. The minimum absolute atomic E-state index is 0.00274. The molecule has 0 aliphatic carbocycles. The van der Waals surface area contributed by atoms with Gasteiger partial charge in [-0.05, 0) is 75.8 Å². The quantitative estimate of drug-likeness (QED) is 0.369. The number of likely N-dealkylation sites (tertiary alicyclic amines) is 1. The Bertz CT molecular complexity index is 1320. The standard InChI is InChI=1S/C31H40ClN5O6/c1-20(33)28(41)37-25(18-43-30(37,2)3)27(40)35-31(16-21-7-9-24(32)10-8-21)11-5-13-36(19-31)29(42)23(15-26(38)39)14-22-6-4-12-34-17-22/h4,6-10,12,17,20,23,25H,5,11,13-16,18-19,33H2,1-3H3,(H,35,40)(H,38,39)/t20?,23?,25-,31+/m0/s1. The Morgan fingerprint density at radius 1 is 1.16 bits per heavy atom. The monoisotopic (exact) mass is 613 g/mol. The van der Waals surface area contributed by atoms with Crippen LogP contribution in [0, 0.1) is 5.92 Å². The molecule has 2 unspecified atom stereocenters. The molecule has 4 N–H and O–H groups in total. The van der Waals surface area contributed by atoms with E-state index in [1.807, 2.05) is 18.2 Å². The average Bonchev–Trinajstić information content (AvgIpc) is 3.28. The second-order valence-corrected chi connectivity index (χ2v) is 12.5. The second-order valence-electron chi connectivity index (χ2n) is 12.1. The van der Waals surface area contributed by atoms with Gasteiger partial charge in [-0.25, -0.2) is 0 Å². The Morgan fingerprint density at radius 3 is 2.51 bits per heavy atom. The molecule has 0 saturated carbocycles. The van der Waals surface area contributed by atoms with Crippen molar-refractivity contribution in [3.05, 3.63) is 64.9 Å². The second kappa shape index (κ2) is 13.4. The van der Waals surface area contributed by atoms with E-state index >= 15 is 0 Å². The number of amides is 3. The van der Waals surface area contributed by atoms with Gasteiger partial charge < -0.3 is 25.8 Å². The van der Waals surface area contributed by atoms with E-state index in [-0.39, 0.29) is 31.9 Å². The lowest BCUT2D eigenvalue weighted by Gasteiger charge is -2.45. The largest absolute Gasteiger partial charge is 0.481 e. The van der Waals surface area contributed by atoms with Gasteiger partial charge >= 0.3 is 5.97 Å². The molecule has 4 rings (SSSR count). The number of aliphatic carboxylic acids is 1. The Labute approximate surface area is 256 Å². The van der Waals surface area contributed by atoms with Crippen LogP contribution in [-0.4, -0.2) is 86.6 Å². The Balaban J connectivity index is 1.62. The van der Waals surface area contributed by atoms with Gasteiger partial charge in [-0.2, -0.15) is 0 Å². The number of benzene rings is 1. The number of carbonyl (C=O) groups is 4. The van der Waals surface area contributed by atoms with Gasteiger partial charge in [-0.1, -0.05) is 29.8 Å². The van der Waals surface area contributed by atoms with Crippen molar-refractivity contribution in [2.75, 3.05) is 19.7 Å². The first-order chi connectivity index (χ1) is 20.3. The van der Waals surface area contributed by atoms with Gasteiger partial charge in [-0.15, -0.1) is 0 Å². The number of carboxylic acid groups (broad SMARTS) is 1. The zero-order valence-corrected chi connectivity index (χ0v) is 25.5. The van der Waals surface area contributed by atoms with Crippen LogP contribution in [0.1, 0.15) is 51.2 Å². The van der Waals surface area contributed by atoms with E-state index in [9.17, 15) is 24.3 Å². The molecule has 232 valence electrons. The summed E-state index contributed by atoms with van der Waals surface area (Å²) in [6.45, 7) is 5.60. The molecule has 0 spiro atoms. The molecule has 1 aromatic carbocycles. The van der Waals surface area contributed by atoms with Gasteiger partial charge in [0.1, 0.15) is 11.8 Å². The number of hydrogen-bond acceptors (Lipinski definition) is 7. The number of piperidine rings is 1. The molecule has 0 radical (unpaired) electrons. The number of nitrogens with zero attached hydrogens (tertiary/aromatic N) is 3. The van der Waals surface area contributed by atoms with Crippen LogP contribution in [0.15, 0.2) is 48.8 Å². The molecule has 2 fully saturated rings. The molecule has 3 heterocycles. The third-order valence-corrected chi connectivity index (χ3v) is 8.38. The van der Waals surface area contributed by atoms with Crippen molar-refractivity contribution in [3.63, 3.8) is 0 Å². The zero-order valence-electron chi connectivity index (χ0n) is 24.8. The number of nitrogens with one attached hydrogen (secondary N) is 1. The Hall–Kier alpha value is -3.54. The maximum absolute atomic E-state index is 14.0. The SMILES string of the molecule is CC(N)C(=O)N1[C@H](C(=O)N[C@@]2(Cc3ccc(Cl)cc3)CCCN(C(=O)C(CC(=O)O)Cc3cccnc3)C2)COC1(C)C. The summed E-state index contributed by atoms with van der Waals surface area (Å²) < 4.78 is 5.84. The van der Waals surface area contributed by atoms with Crippen LogP contribution in [0.4, 0.5) is 0 Å². The van der Waals surface area contributed by atoms with Gasteiger partial charge in [0, 0.05) is 30.5 Å². The molecule has 4 atom stereocenters. The Kier molecular flexibility index (Phi) is 10.1. The third-order valence-electron chi connectivity index (χ3n) is 8.12. The van der Waals surface area contributed by atoms with E-state index in [0.29, 0.717) is 30.8 Å². The number of carboxylic acids is 1. The van der Waals surface area contributed by atoms with Gasteiger partial charge in [0.05, 0.1) is 30.5 Å². The van der Waals surface area contributed by atoms with Crippen molar-refractivity contribution in [2.24, 2.45) is 11.7 Å². The number of carbonyl (C=O) groups excluding carboxylic acids is 3. The van der Waals surface area contributed by atoms with Crippen molar-refractivity contribution in [2.45, 2.75) is 76.2 Å². The van der Waals surface area contributed by atoms with Crippen molar-refractivity contribution in [1.82, 2.24) is 20.1 Å². The predicted octanol–water partition coefficient (Wildman–Crippen LogP) is 2.40. The lowest BCUT2D eigenvalue weighted by atomic mass is 9.82. The molecule has 2 aliphatic rings. The van der Waals surface area contributed by atoms with Crippen LogP contribution in [0.2, 0.25) is 5.02 Å². The number of hydrogen-bond donors (Lipinski definition) is 3. The molecular formula is C31H40ClN5O6. The smallest absolute Gasteiger partial charge is 0.304 e. The maximum atomic E-state index is 14.0. The Morgan fingerprint density at radius 2 is 1.88 bits per heavy atom. The highest BCUT2D eigenvalue weighted by Crippen LogP contribution is 2.32. The number of aromatic nitrogens is 1. The first kappa shape index (κ1) is 32.4. The van der Waals surface area contributed by atoms with Crippen molar-refractivity contribution in [3.8, 4) is 0 Å². The lowest BCUT2D eigenvalue weighted by Crippen LogP contribution is -2.65. The maximum Gasteiger partial charge on any atom is 0.304 e. The van der Waals surface area contributed by atoms with E-state index in [4.69, 9.17) is 22.1 Å². The number of halogens is 1. The van der Waals surface area contributed by atoms with E-state index < -0.39 is 47.0 Å². The van der Waals surface area contributed by atoms with Crippen LogP contribution >= 0.6 is 11.6 Å². The molecule has 0 bridgehead atoms. The minimum atomic E-state index is -1.07. The highest BCUT2D eigenvalue weighted by molar-refractivity contribution is 6.30. The van der Waals surface area contributed by atoms with Crippen molar-refractivity contribution in [1.29, 1.82) is 0 Å². The summed E-state index contributed by atoms with van der Waals surface area (Å²) in [6, 6.07) is 9.12. The van der Waals surface area contributed by atoms with Crippen LogP contribution in [-0.2, 0) is 36.8 Å². The number of rotatable bonds is 10. The van der Waals surface area contributed by atoms with E-state index in [1.54, 1.807) is 56.3 Å². The topological polar surface area (TPSA) is 155 Å². The predicted molar refractivity (Wildman–Crippen MR) is 160 cm³/mol. The van der Waals surface area contributed by atoms with E-state index in [0.717, 1.165) is 11.1 Å².